The number of hydrogen-bond donors (Lipinski definition) is 0. The summed E-state index contributed by atoms with van der Waals surface area (Å²) >= 11 is 2.89. The van der Waals surface area contributed by atoms with Crippen molar-refractivity contribution in [2.75, 3.05) is 6.61 Å². The Morgan fingerprint density at radius 1 is 1.31 bits per heavy atom. The van der Waals surface area contributed by atoms with Crippen LogP contribution in [0.3, 0.4) is 0 Å². The number of rotatable bonds is 3. The zero-order chi connectivity index (χ0) is 12.3. The van der Waals surface area contributed by atoms with Gasteiger partial charge >= 0.3 is 6.18 Å². The van der Waals surface area contributed by atoms with Gasteiger partial charge in [0.25, 0.3) is 0 Å². The van der Waals surface area contributed by atoms with Crippen LogP contribution >= 0.6 is 15.9 Å². The van der Waals surface area contributed by atoms with Crippen LogP contribution in [0.2, 0.25) is 0 Å². The molecule has 0 unspecified atom stereocenters. The fraction of sp³-hybridized carbons (Fsp3) is 0.455. The third kappa shape index (κ3) is 3.40. The van der Waals surface area contributed by atoms with Gasteiger partial charge in [-0.2, -0.15) is 13.2 Å². The van der Waals surface area contributed by atoms with Gasteiger partial charge in [0.05, 0.1) is 6.61 Å². The summed E-state index contributed by atoms with van der Waals surface area (Å²) in [6.07, 6.45) is -4.41. The van der Waals surface area contributed by atoms with Gasteiger partial charge in [0.15, 0.2) is 0 Å². The molecule has 0 bridgehead atoms. The van der Waals surface area contributed by atoms with Crippen LogP contribution in [0.5, 0.6) is 5.75 Å². The van der Waals surface area contributed by atoms with Gasteiger partial charge in [0.1, 0.15) is 11.3 Å². The van der Waals surface area contributed by atoms with Crippen LogP contribution in [0.25, 0.3) is 0 Å². The van der Waals surface area contributed by atoms with E-state index in [9.17, 15) is 13.2 Å². The van der Waals surface area contributed by atoms with E-state index >= 15 is 0 Å². The van der Waals surface area contributed by atoms with Crippen molar-refractivity contribution in [2.45, 2.75) is 20.0 Å². The van der Waals surface area contributed by atoms with Crippen LogP contribution in [0.1, 0.15) is 19.4 Å². The van der Waals surface area contributed by atoms with Crippen molar-refractivity contribution in [1.82, 2.24) is 0 Å². The molecule has 1 aromatic carbocycles. The predicted molar refractivity (Wildman–Crippen MR) is 59.5 cm³/mol. The molecule has 90 valence electrons. The molecule has 0 saturated heterocycles. The summed E-state index contributed by atoms with van der Waals surface area (Å²) in [6.45, 7) is 4.02. The number of ether oxygens (including phenoxy) is 1. The molecule has 1 aromatic rings. The molecule has 0 aromatic heterocycles. The van der Waals surface area contributed by atoms with Gasteiger partial charge in [0, 0.05) is 4.47 Å². The first-order chi connectivity index (χ1) is 7.32. The lowest BCUT2D eigenvalue weighted by Gasteiger charge is -2.16. The predicted octanol–water partition coefficient (Wildman–Crippen LogP) is 4.50. The molecule has 1 nitrogen and oxygen atoms in total. The number of hydrogen-bond acceptors (Lipinski definition) is 1. The van der Waals surface area contributed by atoms with E-state index in [0.717, 1.165) is 0 Å². The third-order valence-electron chi connectivity index (χ3n) is 1.83. The SMILES string of the molecule is CC(C)COc1cccc(Br)c1C(F)(F)F. The van der Waals surface area contributed by atoms with Crippen molar-refractivity contribution < 1.29 is 17.9 Å². The zero-order valence-corrected chi connectivity index (χ0v) is 10.5. The van der Waals surface area contributed by atoms with E-state index in [-0.39, 0.29) is 22.7 Å². The summed E-state index contributed by atoms with van der Waals surface area (Å²) in [7, 11) is 0. The van der Waals surface area contributed by atoms with Gasteiger partial charge in [0.2, 0.25) is 0 Å². The van der Waals surface area contributed by atoms with Gasteiger partial charge in [-0.15, -0.1) is 0 Å². The first kappa shape index (κ1) is 13.4. The summed E-state index contributed by atoms with van der Waals surface area (Å²) in [5, 5.41) is 0. The lowest BCUT2D eigenvalue weighted by molar-refractivity contribution is -0.139. The summed E-state index contributed by atoms with van der Waals surface area (Å²) in [4.78, 5) is 0. The van der Waals surface area contributed by atoms with Crippen molar-refractivity contribution in [3.63, 3.8) is 0 Å². The van der Waals surface area contributed by atoms with Crippen LogP contribution < -0.4 is 4.74 Å². The summed E-state index contributed by atoms with van der Waals surface area (Å²) in [6, 6.07) is 4.20. The normalized spacial score (nSPS) is 11.9. The van der Waals surface area contributed by atoms with Crippen LogP contribution in [-0.4, -0.2) is 6.61 Å². The molecule has 0 spiro atoms. The number of halogens is 4. The highest BCUT2D eigenvalue weighted by molar-refractivity contribution is 9.10. The average molecular weight is 297 g/mol. The molecule has 0 aliphatic carbocycles. The van der Waals surface area contributed by atoms with E-state index in [4.69, 9.17) is 4.74 Å². The average Bonchev–Trinajstić information content (AvgIpc) is 2.12. The van der Waals surface area contributed by atoms with E-state index in [2.05, 4.69) is 15.9 Å². The highest BCUT2D eigenvalue weighted by Gasteiger charge is 2.36. The first-order valence-corrected chi connectivity index (χ1v) is 5.60. The molecule has 0 saturated carbocycles. The van der Waals surface area contributed by atoms with Crippen molar-refractivity contribution >= 4 is 15.9 Å². The van der Waals surface area contributed by atoms with Gasteiger partial charge in [-0.3, -0.25) is 0 Å². The molecular weight excluding hydrogens is 285 g/mol. The fourth-order valence-electron chi connectivity index (χ4n) is 1.16. The fourth-order valence-corrected chi connectivity index (χ4v) is 1.73. The van der Waals surface area contributed by atoms with Gasteiger partial charge in [-0.05, 0) is 18.1 Å². The maximum Gasteiger partial charge on any atom is 0.421 e. The van der Waals surface area contributed by atoms with Crippen molar-refractivity contribution in [3.05, 3.63) is 28.2 Å². The van der Waals surface area contributed by atoms with E-state index in [1.54, 1.807) is 0 Å². The Hall–Kier alpha value is -0.710. The first-order valence-electron chi connectivity index (χ1n) is 4.81. The Labute approximate surface area is 101 Å². The highest BCUT2D eigenvalue weighted by atomic mass is 79.9. The van der Waals surface area contributed by atoms with Crippen LogP contribution in [0.15, 0.2) is 22.7 Å². The molecule has 1 rings (SSSR count). The molecular formula is C11H12BrF3O. The standard InChI is InChI=1S/C11H12BrF3O/c1-7(2)6-16-9-5-3-4-8(12)10(9)11(13,14)15/h3-5,7H,6H2,1-2H3. The minimum atomic E-state index is -4.41. The molecule has 0 amide bonds. The van der Waals surface area contributed by atoms with Crippen LogP contribution in [-0.2, 0) is 6.18 Å². The molecule has 0 heterocycles. The number of benzene rings is 1. The van der Waals surface area contributed by atoms with Crippen molar-refractivity contribution in [2.24, 2.45) is 5.92 Å². The smallest absolute Gasteiger partial charge is 0.421 e. The Balaban J connectivity index is 3.04. The quantitative estimate of drug-likeness (QED) is 0.798. The molecule has 0 N–H and O–H groups in total. The molecule has 16 heavy (non-hydrogen) atoms. The summed E-state index contributed by atoms with van der Waals surface area (Å²) in [5.41, 5.74) is -0.754. The second kappa shape index (κ2) is 5.08. The van der Waals surface area contributed by atoms with Gasteiger partial charge < -0.3 is 4.74 Å². The maximum absolute atomic E-state index is 12.7. The monoisotopic (exact) mass is 296 g/mol. The Kier molecular flexibility index (Phi) is 4.24. The summed E-state index contributed by atoms with van der Waals surface area (Å²) < 4.78 is 43.3. The Morgan fingerprint density at radius 2 is 1.94 bits per heavy atom. The second-order valence-corrected chi connectivity index (χ2v) is 4.67. The molecule has 0 atom stereocenters. The molecule has 0 radical (unpaired) electrons. The van der Waals surface area contributed by atoms with Crippen molar-refractivity contribution in [3.8, 4) is 5.75 Å². The lowest BCUT2D eigenvalue weighted by Crippen LogP contribution is -2.12. The lowest BCUT2D eigenvalue weighted by atomic mass is 10.2. The van der Waals surface area contributed by atoms with Gasteiger partial charge in [-0.25, -0.2) is 0 Å². The van der Waals surface area contributed by atoms with Crippen molar-refractivity contribution in [1.29, 1.82) is 0 Å². The minimum Gasteiger partial charge on any atom is -0.493 e. The van der Waals surface area contributed by atoms with Crippen LogP contribution in [0.4, 0.5) is 13.2 Å². The van der Waals surface area contributed by atoms with E-state index < -0.39 is 11.7 Å². The number of alkyl halides is 3. The molecule has 0 aliphatic heterocycles. The van der Waals surface area contributed by atoms with Crippen LogP contribution in [0, 0.1) is 5.92 Å². The minimum absolute atomic E-state index is 0.00116. The highest BCUT2D eigenvalue weighted by Crippen LogP contribution is 2.41. The molecule has 0 aliphatic rings. The zero-order valence-electron chi connectivity index (χ0n) is 8.94. The topological polar surface area (TPSA) is 9.23 Å². The Bertz CT molecular complexity index is 361. The molecule has 0 fully saturated rings. The third-order valence-corrected chi connectivity index (χ3v) is 2.49. The Morgan fingerprint density at radius 3 is 2.44 bits per heavy atom. The van der Waals surface area contributed by atoms with E-state index in [1.165, 1.54) is 18.2 Å². The largest absolute Gasteiger partial charge is 0.493 e. The second-order valence-electron chi connectivity index (χ2n) is 3.82. The van der Waals surface area contributed by atoms with E-state index in [1.807, 2.05) is 13.8 Å². The maximum atomic E-state index is 12.7. The van der Waals surface area contributed by atoms with E-state index in [0.29, 0.717) is 0 Å². The summed E-state index contributed by atoms with van der Waals surface area (Å²) in [5.74, 6) is 0.0515. The van der Waals surface area contributed by atoms with Gasteiger partial charge in [-0.1, -0.05) is 35.8 Å². The molecule has 5 heteroatoms.